The summed E-state index contributed by atoms with van der Waals surface area (Å²) in [5.41, 5.74) is 2.46. The van der Waals surface area contributed by atoms with Crippen LogP contribution in [0.5, 0.6) is 5.75 Å². The maximum absolute atomic E-state index is 10.2. The van der Waals surface area contributed by atoms with Crippen molar-refractivity contribution in [2.75, 3.05) is 25.4 Å². The molecule has 3 aromatic carbocycles. The van der Waals surface area contributed by atoms with Gasteiger partial charge >= 0.3 is 0 Å². The van der Waals surface area contributed by atoms with Gasteiger partial charge in [0.2, 0.25) is 0 Å². The van der Waals surface area contributed by atoms with E-state index in [2.05, 4.69) is 95.8 Å². The summed E-state index contributed by atoms with van der Waals surface area (Å²) in [5, 5.41) is 12.4. The van der Waals surface area contributed by atoms with Crippen molar-refractivity contribution < 1.29 is 15.2 Å². The summed E-state index contributed by atoms with van der Waals surface area (Å²) in [6.07, 6.45) is -0.488. The third-order valence-electron chi connectivity index (χ3n) is 5.36. The monoisotopic (exact) mass is 500 g/mol. The Morgan fingerprint density at radius 1 is 0.935 bits per heavy atom. The fourth-order valence-electron chi connectivity index (χ4n) is 3.35. The summed E-state index contributed by atoms with van der Waals surface area (Å²) in [7, 11) is 0. The molecular weight excluding hydrogens is 470 g/mol. The molecule has 31 heavy (non-hydrogen) atoms. The molecule has 1 atom stereocenters. The topological polar surface area (TPSA) is 46.1 Å². The van der Waals surface area contributed by atoms with Crippen LogP contribution in [0.25, 0.3) is 0 Å². The maximum atomic E-state index is 10.2. The van der Waals surface area contributed by atoms with E-state index >= 15 is 0 Å². The second-order valence-electron chi connectivity index (χ2n) is 8.10. The number of halogens is 1. The first-order valence-electron chi connectivity index (χ1n) is 10.6. The van der Waals surface area contributed by atoms with E-state index < -0.39 is 6.10 Å². The van der Waals surface area contributed by atoms with Crippen LogP contribution in [0.1, 0.15) is 25.0 Å². The van der Waals surface area contributed by atoms with E-state index in [4.69, 9.17) is 4.74 Å². The number of hydrogen-bond acceptors (Lipinski definition) is 3. The number of aliphatic hydroxyl groups is 1. The standard InChI is InChI=1S/C26H30BrNO2S/c1-26(2,20-6-4-3-5-7-20)21-8-12-24(13-9-21)30-19-23(29)18-28-16-17-31-25-14-10-22(27)11-15-25/h3-15,23,28-29H,16-19H2,1-2H3/p+1/t23-/m1/s1. The maximum Gasteiger partial charge on any atom is 0.137 e. The highest BCUT2D eigenvalue weighted by Crippen LogP contribution is 2.32. The molecule has 0 bridgehead atoms. The molecule has 0 aliphatic carbocycles. The molecule has 0 heterocycles. The van der Waals surface area contributed by atoms with Crippen molar-refractivity contribution in [2.24, 2.45) is 0 Å². The first-order chi connectivity index (χ1) is 14.9. The normalized spacial score (nSPS) is 12.5. The van der Waals surface area contributed by atoms with Gasteiger partial charge in [-0.05, 0) is 47.5 Å². The van der Waals surface area contributed by atoms with Gasteiger partial charge in [-0.2, -0.15) is 0 Å². The number of ether oxygens (including phenoxy) is 1. The molecular formula is C26H31BrNO2S+. The van der Waals surface area contributed by atoms with Gasteiger partial charge in [0.15, 0.2) is 0 Å². The minimum Gasteiger partial charge on any atom is -0.491 e. The fraction of sp³-hybridized carbons (Fsp3) is 0.308. The molecule has 5 heteroatoms. The van der Waals surface area contributed by atoms with Gasteiger partial charge in [0.05, 0.1) is 6.54 Å². The Kier molecular flexibility index (Phi) is 9.02. The Hall–Kier alpha value is -1.79. The second-order valence-corrected chi connectivity index (χ2v) is 10.2. The average Bonchev–Trinajstić information content (AvgIpc) is 2.79. The molecule has 0 aromatic heterocycles. The van der Waals surface area contributed by atoms with E-state index in [1.54, 1.807) is 0 Å². The van der Waals surface area contributed by atoms with E-state index in [0.29, 0.717) is 13.2 Å². The summed E-state index contributed by atoms with van der Waals surface area (Å²) in [6, 6.07) is 27.1. The van der Waals surface area contributed by atoms with Gasteiger partial charge in [-0.25, -0.2) is 0 Å². The molecule has 0 spiro atoms. The highest BCUT2D eigenvalue weighted by molar-refractivity contribution is 9.10. The van der Waals surface area contributed by atoms with Crippen LogP contribution >= 0.6 is 27.7 Å². The molecule has 3 rings (SSSR count). The number of rotatable bonds is 11. The van der Waals surface area contributed by atoms with E-state index in [9.17, 15) is 5.11 Å². The van der Waals surface area contributed by atoms with Crippen LogP contribution in [0, 0.1) is 0 Å². The first-order valence-corrected chi connectivity index (χ1v) is 12.4. The van der Waals surface area contributed by atoms with Crippen molar-refractivity contribution >= 4 is 27.7 Å². The van der Waals surface area contributed by atoms with Crippen LogP contribution in [0.3, 0.4) is 0 Å². The largest absolute Gasteiger partial charge is 0.491 e. The van der Waals surface area contributed by atoms with Crippen molar-refractivity contribution in [3.05, 3.63) is 94.5 Å². The summed E-state index contributed by atoms with van der Waals surface area (Å²) in [4.78, 5) is 1.26. The van der Waals surface area contributed by atoms with Crippen LogP contribution in [0.4, 0.5) is 0 Å². The quantitative estimate of drug-likeness (QED) is 0.291. The molecule has 3 N–H and O–H groups in total. The molecule has 0 amide bonds. The highest BCUT2D eigenvalue weighted by Gasteiger charge is 2.22. The van der Waals surface area contributed by atoms with Crippen LogP contribution in [-0.2, 0) is 5.41 Å². The highest BCUT2D eigenvalue weighted by atomic mass is 79.9. The molecule has 0 aliphatic heterocycles. The summed E-state index contributed by atoms with van der Waals surface area (Å²) < 4.78 is 6.90. The lowest BCUT2D eigenvalue weighted by molar-refractivity contribution is -0.657. The smallest absolute Gasteiger partial charge is 0.137 e. The number of nitrogens with two attached hydrogens (primary N) is 1. The molecule has 0 unspecified atom stereocenters. The third-order valence-corrected chi connectivity index (χ3v) is 6.93. The Balaban J connectivity index is 1.37. The summed E-state index contributed by atoms with van der Waals surface area (Å²) >= 11 is 5.28. The minimum absolute atomic E-state index is 0.0669. The molecule has 0 radical (unpaired) electrons. The zero-order chi connectivity index (χ0) is 22.1. The van der Waals surface area contributed by atoms with Crippen molar-refractivity contribution in [1.82, 2.24) is 0 Å². The van der Waals surface area contributed by atoms with Crippen LogP contribution in [0.2, 0.25) is 0 Å². The molecule has 0 fully saturated rings. The van der Waals surface area contributed by atoms with Gasteiger partial charge in [-0.3, -0.25) is 0 Å². The Morgan fingerprint density at radius 2 is 1.58 bits per heavy atom. The average molecular weight is 502 g/mol. The Bertz CT molecular complexity index is 914. The minimum atomic E-state index is -0.488. The molecule has 0 saturated heterocycles. The number of thioether (sulfide) groups is 1. The number of aliphatic hydroxyl groups excluding tert-OH is 1. The predicted octanol–water partition coefficient (Wildman–Crippen LogP) is 4.87. The van der Waals surface area contributed by atoms with Crippen LogP contribution in [0.15, 0.2) is 88.2 Å². The van der Waals surface area contributed by atoms with Gasteiger partial charge < -0.3 is 15.2 Å². The van der Waals surface area contributed by atoms with Gasteiger partial charge in [-0.1, -0.05) is 72.2 Å². The third kappa shape index (κ3) is 7.39. The fourth-order valence-corrected chi connectivity index (χ4v) is 4.46. The van der Waals surface area contributed by atoms with E-state index in [-0.39, 0.29) is 5.41 Å². The molecule has 164 valence electrons. The summed E-state index contributed by atoms with van der Waals surface area (Å²) in [6.45, 7) is 6.36. The lowest BCUT2D eigenvalue weighted by Crippen LogP contribution is -2.87. The van der Waals surface area contributed by atoms with Crippen molar-refractivity contribution in [2.45, 2.75) is 30.3 Å². The van der Waals surface area contributed by atoms with Gasteiger partial charge in [0, 0.05) is 20.5 Å². The second kappa shape index (κ2) is 11.7. The number of benzene rings is 3. The lowest BCUT2D eigenvalue weighted by atomic mass is 9.78. The van der Waals surface area contributed by atoms with Crippen LogP contribution in [-0.4, -0.2) is 36.7 Å². The summed E-state index contributed by atoms with van der Waals surface area (Å²) in [5.74, 6) is 1.80. The van der Waals surface area contributed by atoms with E-state index in [1.165, 1.54) is 16.0 Å². The van der Waals surface area contributed by atoms with E-state index in [0.717, 1.165) is 22.5 Å². The molecule has 3 nitrogen and oxygen atoms in total. The first kappa shape index (κ1) is 23.9. The van der Waals surface area contributed by atoms with Gasteiger partial charge in [-0.15, -0.1) is 11.8 Å². The molecule has 0 aliphatic rings. The Labute approximate surface area is 198 Å². The zero-order valence-electron chi connectivity index (χ0n) is 18.1. The van der Waals surface area contributed by atoms with Crippen molar-refractivity contribution in [3.8, 4) is 5.75 Å². The Morgan fingerprint density at radius 3 is 2.26 bits per heavy atom. The number of hydrogen-bond donors (Lipinski definition) is 2. The zero-order valence-corrected chi connectivity index (χ0v) is 20.5. The van der Waals surface area contributed by atoms with Crippen molar-refractivity contribution in [3.63, 3.8) is 0 Å². The van der Waals surface area contributed by atoms with Crippen molar-refractivity contribution in [1.29, 1.82) is 0 Å². The predicted molar refractivity (Wildman–Crippen MR) is 133 cm³/mol. The van der Waals surface area contributed by atoms with Gasteiger partial charge in [0.1, 0.15) is 25.0 Å². The molecule has 0 saturated carbocycles. The van der Waals surface area contributed by atoms with E-state index in [1.807, 2.05) is 30.0 Å². The van der Waals surface area contributed by atoms with Crippen LogP contribution < -0.4 is 10.1 Å². The lowest BCUT2D eigenvalue weighted by Gasteiger charge is -2.26. The number of quaternary nitrogens is 1. The molecule has 3 aromatic rings. The SMILES string of the molecule is CC(C)(c1ccccc1)c1ccc(OC[C@H](O)C[NH2+]CCSc2ccc(Br)cc2)cc1. The van der Waals surface area contributed by atoms with Gasteiger partial charge in [0.25, 0.3) is 0 Å².